The Morgan fingerprint density at radius 2 is 0.675 bits per heavy atom. The van der Waals surface area contributed by atoms with Crippen LogP contribution in [0, 0.1) is 0 Å². The van der Waals surface area contributed by atoms with Crippen LogP contribution in [0.5, 0.6) is 0 Å². The van der Waals surface area contributed by atoms with Gasteiger partial charge in [0.1, 0.15) is 0 Å². The Labute approximate surface area is 239 Å². The number of hydrogen-bond acceptors (Lipinski definition) is 4. The molecule has 204 valence electrons. The Morgan fingerprint density at radius 1 is 0.400 bits per heavy atom. The van der Waals surface area contributed by atoms with E-state index in [1.165, 1.54) is 0 Å². The van der Waals surface area contributed by atoms with Gasteiger partial charge in [0, 0.05) is 0 Å². The van der Waals surface area contributed by atoms with Crippen LogP contribution in [0.1, 0.15) is 55.4 Å². The van der Waals surface area contributed by atoms with Crippen LogP contribution in [0.4, 0.5) is 0 Å². The zero-order valence-corrected chi connectivity index (χ0v) is 24.9. The van der Waals surface area contributed by atoms with E-state index in [1.807, 2.05) is 0 Å². The molecule has 0 atom stereocenters. The van der Waals surface area contributed by atoms with Gasteiger partial charge in [-0.2, -0.15) is 0 Å². The SMILES string of the molecule is CC1(C)OB(c2c(-c3ccccc3)c(-c3ccccc3)c(B3OC(C)(C)C(C)(C)O3)c3ccccc23)OC1(C)C. The molecule has 2 aliphatic rings. The molecule has 0 spiro atoms. The van der Waals surface area contributed by atoms with Crippen LogP contribution < -0.4 is 10.9 Å². The zero-order chi connectivity index (χ0) is 28.5. The van der Waals surface area contributed by atoms with Gasteiger partial charge < -0.3 is 18.6 Å². The van der Waals surface area contributed by atoms with Gasteiger partial charge in [-0.05, 0) is 99.3 Å². The first kappa shape index (κ1) is 27.3. The lowest BCUT2D eigenvalue weighted by Gasteiger charge is -2.32. The standard InChI is InChI=1S/C34H38B2O4/c1-31(2)32(3,4)38-35(37-31)29-25-21-15-16-22-26(25)30(36-39-33(5,6)34(7,8)40-36)28(24-19-13-10-14-20-24)27(29)23-17-11-9-12-18-23/h9-22H,1-8H3. The van der Waals surface area contributed by atoms with Crippen LogP contribution in [-0.2, 0) is 18.6 Å². The molecule has 6 heteroatoms. The summed E-state index contributed by atoms with van der Waals surface area (Å²) in [5.74, 6) is 0. The van der Waals surface area contributed by atoms with Crippen molar-refractivity contribution in [2.24, 2.45) is 0 Å². The van der Waals surface area contributed by atoms with E-state index in [4.69, 9.17) is 18.6 Å². The molecule has 2 heterocycles. The smallest absolute Gasteiger partial charge is 0.399 e. The average molecular weight is 532 g/mol. The van der Waals surface area contributed by atoms with Crippen molar-refractivity contribution < 1.29 is 18.6 Å². The molecule has 0 bridgehead atoms. The van der Waals surface area contributed by atoms with Crippen molar-refractivity contribution in [3.8, 4) is 22.3 Å². The van der Waals surface area contributed by atoms with Gasteiger partial charge in [0.25, 0.3) is 0 Å². The van der Waals surface area contributed by atoms with Gasteiger partial charge in [0.05, 0.1) is 22.4 Å². The summed E-state index contributed by atoms with van der Waals surface area (Å²) >= 11 is 0. The Bertz CT molecular complexity index is 1410. The first-order valence-corrected chi connectivity index (χ1v) is 14.2. The summed E-state index contributed by atoms with van der Waals surface area (Å²) in [7, 11) is -1.11. The Kier molecular flexibility index (Phi) is 6.36. The molecule has 0 amide bonds. The molecule has 2 aliphatic heterocycles. The first-order valence-electron chi connectivity index (χ1n) is 14.2. The van der Waals surface area contributed by atoms with E-state index in [9.17, 15) is 0 Å². The van der Waals surface area contributed by atoms with E-state index >= 15 is 0 Å². The normalized spacial score (nSPS) is 20.8. The van der Waals surface area contributed by atoms with Gasteiger partial charge in [0.2, 0.25) is 0 Å². The van der Waals surface area contributed by atoms with Crippen molar-refractivity contribution in [3.63, 3.8) is 0 Å². The molecule has 2 saturated heterocycles. The second kappa shape index (κ2) is 9.32. The topological polar surface area (TPSA) is 36.9 Å². The third-order valence-corrected chi connectivity index (χ3v) is 9.40. The highest BCUT2D eigenvalue weighted by molar-refractivity contribution is 6.72. The molecule has 0 aliphatic carbocycles. The molecule has 40 heavy (non-hydrogen) atoms. The molecule has 0 radical (unpaired) electrons. The summed E-state index contributed by atoms with van der Waals surface area (Å²) in [5, 5.41) is 2.15. The highest BCUT2D eigenvalue weighted by Gasteiger charge is 2.55. The molecule has 4 aromatic rings. The molecular weight excluding hydrogens is 494 g/mol. The van der Waals surface area contributed by atoms with Crippen molar-refractivity contribution in [3.05, 3.63) is 84.9 Å². The van der Waals surface area contributed by atoms with Crippen molar-refractivity contribution in [2.45, 2.75) is 77.8 Å². The first-order chi connectivity index (χ1) is 18.8. The molecular formula is C34H38B2O4. The lowest BCUT2D eigenvalue weighted by Crippen LogP contribution is -2.42. The molecule has 0 aromatic heterocycles. The Morgan fingerprint density at radius 3 is 0.975 bits per heavy atom. The Balaban J connectivity index is 1.76. The maximum atomic E-state index is 6.76. The predicted octanol–water partition coefficient (Wildman–Crippen LogP) is 6.77. The van der Waals surface area contributed by atoms with Crippen molar-refractivity contribution in [2.75, 3.05) is 0 Å². The van der Waals surface area contributed by atoms with Gasteiger partial charge >= 0.3 is 14.2 Å². The van der Waals surface area contributed by atoms with Crippen molar-refractivity contribution >= 4 is 35.9 Å². The molecule has 6 rings (SSSR count). The molecule has 0 saturated carbocycles. The molecule has 4 nitrogen and oxygen atoms in total. The van der Waals surface area contributed by atoms with E-state index < -0.39 is 36.6 Å². The van der Waals surface area contributed by atoms with Crippen molar-refractivity contribution in [1.29, 1.82) is 0 Å². The fourth-order valence-electron chi connectivity index (χ4n) is 5.71. The van der Waals surface area contributed by atoms with E-state index in [1.54, 1.807) is 0 Å². The highest BCUT2D eigenvalue weighted by Crippen LogP contribution is 2.43. The van der Waals surface area contributed by atoms with Gasteiger partial charge in [-0.1, -0.05) is 84.9 Å². The zero-order valence-electron chi connectivity index (χ0n) is 24.9. The van der Waals surface area contributed by atoms with Gasteiger partial charge in [0.15, 0.2) is 0 Å². The number of rotatable bonds is 4. The number of benzene rings is 4. The molecule has 4 aromatic carbocycles. The van der Waals surface area contributed by atoms with Crippen LogP contribution >= 0.6 is 0 Å². The van der Waals surface area contributed by atoms with Gasteiger partial charge in [-0.15, -0.1) is 0 Å². The van der Waals surface area contributed by atoms with E-state index in [0.29, 0.717) is 0 Å². The van der Waals surface area contributed by atoms with Crippen LogP contribution in [-0.4, -0.2) is 36.6 Å². The third-order valence-electron chi connectivity index (χ3n) is 9.40. The summed E-state index contributed by atoms with van der Waals surface area (Å²) in [6.07, 6.45) is 0. The fourth-order valence-corrected chi connectivity index (χ4v) is 5.71. The number of fused-ring (bicyclic) bond motifs is 1. The van der Waals surface area contributed by atoms with E-state index in [0.717, 1.165) is 44.0 Å². The van der Waals surface area contributed by atoms with Crippen LogP contribution in [0.15, 0.2) is 84.9 Å². The minimum Gasteiger partial charge on any atom is -0.399 e. The fraction of sp³-hybridized carbons (Fsp3) is 0.353. The molecule has 0 unspecified atom stereocenters. The van der Waals surface area contributed by atoms with Gasteiger partial charge in [-0.3, -0.25) is 0 Å². The van der Waals surface area contributed by atoms with Gasteiger partial charge in [-0.25, -0.2) is 0 Å². The monoisotopic (exact) mass is 532 g/mol. The lowest BCUT2D eigenvalue weighted by molar-refractivity contribution is 0.00578. The van der Waals surface area contributed by atoms with Crippen molar-refractivity contribution in [1.82, 2.24) is 0 Å². The lowest BCUT2D eigenvalue weighted by atomic mass is 9.63. The van der Waals surface area contributed by atoms with Crippen LogP contribution in [0.25, 0.3) is 33.0 Å². The summed E-state index contributed by atoms with van der Waals surface area (Å²) < 4.78 is 27.0. The predicted molar refractivity (Wildman–Crippen MR) is 166 cm³/mol. The molecule has 0 N–H and O–H groups in total. The summed E-state index contributed by atoms with van der Waals surface area (Å²) in [4.78, 5) is 0. The summed E-state index contributed by atoms with van der Waals surface area (Å²) in [6, 6.07) is 29.6. The second-order valence-corrected chi connectivity index (χ2v) is 13.0. The third kappa shape index (κ3) is 4.24. The quantitative estimate of drug-likeness (QED) is 0.272. The summed E-state index contributed by atoms with van der Waals surface area (Å²) in [5.41, 5.74) is 4.47. The minimum absolute atomic E-state index is 0.482. The maximum Gasteiger partial charge on any atom is 0.496 e. The second-order valence-electron chi connectivity index (χ2n) is 13.0. The number of hydrogen-bond donors (Lipinski definition) is 0. The van der Waals surface area contributed by atoms with Crippen LogP contribution in [0.2, 0.25) is 0 Å². The largest absolute Gasteiger partial charge is 0.496 e. The highest BCUT2D eigenvalue weighted by atomic mass is 16.7. The average Bonchev–Trinajstić information content (AvgIpc) is 3.27. The molecule has 2 fully saturated rings. The van der Waals surface area contributed by atoms with E-state index in [2.05, 4.69) is 140 Å². The minimum atomic E-state index is -0.556. The summed E-state index contributed by atoms with van der Waals surface area (Å²) in [6.45, 7) is 16.8. The Hall–Kier alpha value is -2.89. The van der Waals surface area contributed by atoms with E-state index in [-0.39, 0.29) is 0 Å². The maximum absolute atomic E-state index is 6.76. The van der Waals surface area contributed by atoms with Crippen LogP contribution in [0.3, 0.4) is 0 Å².